The van der Waals surface area contributed by atoms with E-state index in [1.807, 2.05) is 73.1 Å². The van der Waals surface area contributed by atoms with Crippen molar-refractivity contribution in [3.8, 4) is 0 Å². The lowest BCUT2D eigenvalue weighted by atomic mass is 10.3. The van der Waals surface area contributed by atoms with Gasteiger partial charge in [0, 0.05) is 21.7 Å². The van der Waals surface area contributed by atoms with Gasteiger partial charge in [-0.3, -0.25) is 4.99 Å². The van der Waals surface area contributed by atoms with Crippen molar-refractivity contribution in [1.82, 2.24) is 0 Å². The minimum atomic E-state index is 0.958. The number of aliphatic imine (C=N–C) groups is 1. The lowest BCUT2D eigenvalue weighted by molar-refractivity contribution is 1.53. The number of anilines is 1. The molecule has 0 amide bonds. The second-order valence-electron chi connectivity index (χ2n) is 3.63. The Morgan fingerprint density at radius 2 is 1.56 bits per heavy atom. The number of nitrogens with one attached hydrogen (secondary N) is 1. The standard InChI is InChI=1S/C15H13IN2/c16-13(11-17-14-7-3-1-4-8-14)12-18-15-9-5-2-6-10-15/h1-12,17H/b13-11+,18-12?. The van der Waals surface area contributed by atoms with Gasteiger partial charge < -0.3 is 5.32 Å². The third-order valence-corrected chi connectivity index (χ3v) is 2.83. The number of para-hydroxylation sites is 2. The van der Waals surface area contributed by atoms with Crippen molar-refractivity contribution >= 4 is 40.2 Å². The zero-order chi connectivity index (χ0) is 12.6. The maximum absolute atomic E-state index is 4.38. The molecule has 0 saturated heterocycles. The molecule has 2 rings (SSSR count). The summed E-state index contributed by atoms with van der Waals surface area (Å²) in [5, 5.41) is 3.22. The molecule has 0 aliphatic heterocycles. The van der Waals surface area contributed by atoms with Gasteiger partial charge in [-0.15, -0.1) is 0 Å². The Labute approximate surface area is 121 Å². The first kappa shape index (κ1) is 12.8. The molecule has 1 N–H and O–H groups in total. The van der Waals surface area contributed by atoms with Crippen LogP contribution in [0.2, 0.25) is 0 Å². The van der Waals surface area contributed by atoms with Gasteiger partial charge >= 0.3 is 0 Å². The topological polar surface area (TPSA) is 24.4 Å². The monoisotopic (exact) mass is 348 g/mol. The summed E-state index contributed by atoms with van der Waals surface area (Å²) in [6.07, 6.45) is 3.77. The van der Waals surface area contributed by atoms with Crippen molar-refractivity contribution < 1.29 is 0 Å². The number of benzene rings is 2. The fourth-order valence-corrected chi connectivity index (χ4v) is 1.67. The Morgan fingerprint density at radius 3 is 2.22 bits per heavy atom. The molecule has 0 aliphatic carbocycles. The minimum absolute atomic E-state index is 0.958. The number of hydrogen-bond donors (Lipinski definition) is 1. The molecule has 2 nitrogen and oxygen atoms in total. The minimum Gasteiger partial charge on any atom is -0.361 e. The van der Waals surface area contributed by atoms with Crippen LogP contribution in [0.5, 0.6) is 0 Å². The van der Waals surface area contributed by atoms with Gasteiger partial charge in [0.2, 0.25) is 0 Å². The summed E-state index contributed by atoms with van der Waals surface area (Å²) in [5.74, 6) is 0. The predicted octanol–water partition coefficient (Wildman–Crippen LogP) is 4.78. The molecule has 0 spiro atoms. The Balaban J connectivity index is 1.96. The van der Waals surface area contributed by atoms with Gasteiger partial charge in [0.15, 0.2) is 0 Å². The van der Waals surface area contributed by atoms with E-state index in [0.29, 0.717) is 0 Å². The smallest absolute Gasteiger partial charge is 0.0630 e. The second kappa shape index (κ2) is 6.96. The molecule has 0 aliphatic rings. The van der Waals surface area contributed by atoms with Crippen LogP contribution >= 0.6 is 22.6 Å². The number of nitrogens with zero attached hydrogens (tertiary/aromatic N) is 1. The van der Waals surface area contributed by atoms with Crippen molar-refractivity contribution in [2.24, 2.45) is 4.99 Å². The molecule has 3 heteroatoms. The maximum Gasteiger partial charge on any atom is 0.0630 e. The van der Waals surface area contributed by atoms with Crippen LogP contribution in [-0.4, -0.2) is 6.21 Å². The highest BCUT2D eigenvalue weighted by molar-refractivity contribution is 14.1. The summed E-state index contributed by atoms with van der Waals surface area (Å²) in [6.45, 7) is 0. The molecule has 0 radical (unpaired) electrons. The van der Waals surface area contributed by atoms with Gasteiger partial charge in [0.1, 0.15) is 0 Å². The van der Waals surface area contributed by atoms with E-state index in [-0.39, 0.29) is 0 Å². The number of rotatable bonds is 4. The highest BCUT2D eigenvalue weighted by Crippen LogP contribution is 2.12. The van der Waals surface area contributed by atoms with E-state index in [0.717, 1.165) is 15.0 Å². The Hall–Kier alpha value is -1.62. The molecule has 0 aromatic heterocycles. The SMILES string of the molecule is I/C(C=Nc1ccccc1)=C/Nc1ccccc1. The van der Waals surface area contributed by atoms with Crippen molar-refractivity contribution in [3.05, 3.63) is 70.4 Å². The Kier molecular flexibility index (Phi) is 4.96. The summed E-state index contributed by atoms with van der Waals surface area (Å²) in [5.41, 5.74) is 2.03. The van der Waals surface area contributed by atoms with Gasteiger partial charge in [0.25, 0.3) is 0 Å². The fraction of sp³-hybridized carbons (Fsp3) is 0. The molecule has 0 unspecified atom stereocenters. The molecule has 0 heterocycles. The predicted molar refractivity (Wildman–Crippen MR) is 86.8 cm³/mol. The second-order valence-corrected chi connectivity index (χ2v) is 4.88. The highest BCUT2D eigenvalue weighted by Gasteiger charge is 1.89. The van der Waals surface area contributed by atoms with Crippen LogP contribution in [0.1, 0.15) is 0 Å². The van der Waals surface area contributed by atoms with Gasteiger partial charge in [-0.1, -0.05) is 36.4 Å². The average Bonchev–Trinajstić information content (AvgIpc) is 2.45. The van der Waals surface area contributed by atoms with E-state index in [1.54, 1.807) is 0 Å². The molecule has 0 saturated carbocycles. The summed E-state index contributed by atoms with van der Waals surface area (Å²) in [7, 11) is 0. The van der Waals surface area contributed by atoms with Crippen LogP contribution < -0.4 is 5.32 Å². The first-order chi connectivity index (χ1) is 8.84. The van der Waals surface area contributed by atoms with E-state index in [4.69, 9.17) is 0 Å². The molecule has 90 valence electrons. The first-order valence-electron chi connectivity index (χ1n) is 5.61. The maximum atomic E-state index is 4.38. The van der Waals surface area contributed by atoms with E-state index in [2.05, 4.69) is 32.9 Å². The lowest BCUT2D eigenvalue weighted by Gasteiger charge is -1.99. The van der Waals surface area contributed by atoms with Gasteiger partial charge in [0.05, 0.1) is 5.69 Å². The zero-order valence-electron chi connectivity index (χ0n) is 9.75. The normalized spacial score (nSPS) is 11.7. The molecule has 2 aromatic rings. The molecule has 2 aromatic carbocycles. The van der Waals surface area contributed by atoms with Crippen molar-refractivity contribution in [3.63, 3.8) is 0 Å². The highest BCUT2D eigenvalue weighted by atomic mass is 127. The summed E-state index contributed by atoms with van der Waals surface area (Å²) in [6, 6.07) is 19.9. The molecular weight excluding hydrogens is 335 g/mol. The van der Waals surface area contributed by atoms with Crippen molar-refractivity contribution in [2.75, 3.05) is 5.32 Å². The van der Waals surface area contributed by atoms with Crippen molar-refractivity contribution in [2.45, 2.75) is 0 Å². The van der Waals surface area contributed by atoms with Crippen LogP contribution in [0.3, 0.4) is 0 Å². The van der Waals surface area contributed by atoms with E-state index >= 15 is 0 Å². The Bertz CT molecular complexity index is 533. The van der Waals surface area contributed by atoms with Crippen LogP contribution in [-0.2, 0) is 0 Å². The number of halogens is 1. The molecule has 0 fully saturated rings. The summed E-state index contributed by atoms with van der Waals surface area (Å²) < 4.78 is 1.04. The number of allylic oxidation sites excluding steroid dienone is 1. The third-order valence-electron chi connectivity index (χ3n) is 2.24. The third kappa shape index (κ3) is 4.33. The van der Waals surface area contributed by atoms with Crippen LogP contribution in [0.25, 0.3) is 0 Å². The van der Waals surface area contributed by atoms with Gasteiger partial charge in [-0.25, -0.2) is 0 Å². The summed E-state index contributed by atoms with van der Waals surface area (Å²) in [4.78, 5) is 4.38. The lowest BCUT2D eigenvalue weighted by Crippen LogP contribution is -1.88. The largest absolute Gasteiger partial charge is 0.361 e. The first-order valence-corrected chi connectivity index (χ1v) is 6.69. The van der Waals surface area contributed by atoms with E-state index < -0.39 is 0 Å². The van der Waals surface area contributed by atoms with Crippen molar-refractivity contribution in [1.29, 1.82) is 0 Å². The average molecular weight is 348 g/mol. The zero-order valence-corrected chi connectivity index (χ0v) is 11.9. The van der Waals surface area contributed by atoms with E-state index in [1.165, 1.54) is 0 Å². The van der Waals surface area contributed by atoms with Gasteiger partial charge in [-0.2, -0.15) is 0 Å². The van der Waals surface area contributed by atoms with Crippen LogP contribution in [0.4, 0.5) is 11.4 Å². The Morgan fingerprint density at radius 1 is 0.944 bits per heavy atom. The van der Waals surface area contributed by atoms with E-state index in [9.17, 15) is 0 Å². The molecule has 18 heavy (non-hydrogen) atoms. The summed E-state index contributed by atoms with van der Waals surface area (Å²) >= 11 is 2.24. The molecule has 0 bridgehead atoms. The van der Waals surface area contributed by atoms with Crippen LogP contribution in [0.15, 0.2) is 75.4 Å². The molecular formula is C15H13IN2. The van der Waals surface area contributed by atoms with Gasteiger partial charge in [-0.05, 0) is 46.9 Å². The fourth-order valence-electron chi connectivity index (χ4n) is 1.37. The van der Waals surface area contributed by atoms with Crippen LogP contribution in [0, 0.1) is 0 Å². The quantitative estimate of drug-likeness (QED) is 0.624. The molecule has 0 atom stereocenters. The number of hydrogen-bond acceptors (Lipinski definition) is 2.